The van der Waals surface area contributed by atoms with Gasteiger partial charge in [0.05, 0.1) is 13.2 Å². The Kier molecular flexibility index (Phi) is 16.6. The Labute approximate surface area is 445 Å². The van der Waals surface area contributed by atoms with Gasteiger partial charge in [-0.1, -0.05) is 159 Å². The van der Waals surface area contributed by atoms with Gasteiger partial charge in [0.2, 0.25) is 0 Å². The standard InChI is InChI=1S/C66H64N2O8/c1-3-33-73-63-47-21-11-22-48(63)40-52-26-14-28-54-42-50-24-12-23-49(64(50)74-34-4-2)41-53-27-13-25-51(39-47)65(53)75-37-35-71-57-31-15-29-55(61(57)69)43-67-59(45-17-7-5-8-18-45)60(46-19-9-6-10-20-46)68-44-56-30-16-32-58(62(56)70)72-36-38-76-66(52)54/h5-32,43-44,59-60,69-70H,3-4,33-42H2,1-2H3/t59-,60-/m1/s1. The fourth-order valence-electron chi connectivity index (χ4n) is 10.1. The number of hydrogen-bond acceptors (Lipinski definition) is 10. The number of benzene rings is 8. The quantitative estimate of drug-likeness (QED) is 0.154. The van der Waals surface area contributed by atoms with Crippen LogP contribution in [0.3, 0.4) is 0 Å². The molecule has 0 radical (unpaired) electrons. The molecule has 2 aliphatic heterocycles. The van der Waals surface area contributed by atoms with Crippen LogP contribution in [0.15, 0.2) is 180 Å². The first-order valence-electron chi connectivity index (χ1n) is 26.5. The van der Waals surface area contributed by atoms with Crippen LogP contribution in [0, 0.1) is 0 Å². The van der Waals surface area contributed by atoms with Crippen molar-refractivity contribution in [3.05, 3.63) is 237 Å². The molecule has 1 aliphatic carbocycles. The van der Waals surface area contributed by atoms with Gasteiger partial charge in [-0.15, -0.1) is 0 Å². The van der Waals surface area contributed by atoms with Crippen molar-refractivity contribution in [3.63, 3.8) is 0 Å². The van der Waals surface area contributed by atoms with Crippen LogP contribution in [0.4, 0.5) is 0 Å². The summed E-state index contributed by atoms with van der Waals surface area (Å²) in [5, 5.41) is 23.6. The van der Waals surface area contributed by atoms with Crippen molar-refractivity contribution in [1.82, 2.24) is 0 Å². The minimum Gasteiger partial charge on any atom is -0.504 e. The minimum absolute atomic E-state index is 0.0413. The van der Waals surface area contributed by atoms with Crippen LogP contribution in [0.25, 0.3) is 0 Å². The third-order valence-corrected chi connectivity index (χ3v) is 13.7. The molecule has 76 heavy (non-hydrogen) atoms. The largest absolute Gasteiger partial charge is 0.504 e. The first-order valence-corrected chi connectivity index (χ1v) is 26.5. The molecule has 2 atom stereocenters. The lowest BCUT2D eigenvalue weighted by atomic mass is 9.91. The first-order chi connectivity index (χ1) is 37.4. The molecular formula is C66H64N2O8. The number of ether oxygens (including phenoxy) is 6. The van der Waals surface area contributed by atoms with E-state index in [-0.39, 0.29) is 37.9 Å². The maximum Gasteiger partial charge on any atom is 0.166 e. The lowest BCUT2D eigenvalue weighted by Crippen LogP contribution is -2.13. The van der Waals surface area contributed by atoms with Crippen LogP contribution >= 0.6 is 0 Å². The molecule has 0 saturated carbocycles. The Morgan fingerprint density at radius 2 is 0.724 bits per heavy atom. The number of para-hydroxylation sites is 6. The zero-order chi connectivity index (χ0) is 52.1. The van der Waals surface area contributed by atoms with Crippen LogP contribution in [0.5, 0.6) is 46.0 Å². The second kappa shape index (κ2) is 24.7. The summed E-state index contributed by atoms with van der Waals surface area (Å²) in [5.41, 5.74) is 11.0. The highest BCUT2D eigenvalue weighted by Crippen LogP contribution is 2.41. The molecule has 2 N–H and O–H groups in total. The Morgan fingerprint density at radius 1 is 0.395 bits per heavy atom. The summed E-state index contributed by atoms with van der Waals surface area (Å²) < 4.78 is 39.8. The second-order valence-corrected chi connectivity index (χ2v) is 19.1. The summed E-state index contributed by atoms with van der Waals surface area (Å²) >= 11 is 0. The van der Waals surface area contributed by atoms with Gasteiger partial charge < -0.3 is 38.6 Å². The van der Waals surface area contributed by atoms with Crippen molar-refractivity contribution in [2.75, 3.05) is 39.6 Å². The summed E-state index contributed by atoms with van der Waals surface area (Å²) in [4.78, 5) is 10.3. The number of nitrogens with zero attached hydrogens (tertiary/aromatic N) is 2. The molecular weight excluding hydrogens is 949 g/mol. The van der Waals surface area contributed by atoms with Crippen molar-refractivity contribution in [2.24, 2.45) is 9.98 Å². The molecule has 8 aromatic carbocycles. The number of phenols is 2. The molecule has 0 unspecified atom stereocenters. The van der Waals surface area contributed by atoms with Crippen molar-refractivity contribution in [1.29, 1.82) is 0 Å². The zero-order valence-electron chi connectivity index (χ0n) is 43.2. The maximum absolute atomic E-state index is 11.8. The highest BCUT2D eigenvalue weighted by atomic mass is 16.5. The van der Waals surface area contributed by atoms with Gasteiger partial charge >= 0.3 is 0 Å². The van der Waals surface area contributed by atoms with E-state index in [4.69, 9.17) is 38.4 Å². The highest BCUT2D eigenvalue weighted by Gasteiger charge is 2.26. The second-order valence-electron chi connectivity index (χ2n) is 19.1. The third-order valence-electron chi connectivity index (χ3n) is 13.7. The van der Waals surface area contributed by atoms with Crippen LogP contribution in [-0.4, -0.2) is 62.3 Å². The van der Waals surface area contributed by atoms with E-state index in [0.717, 1.165) is 91.5 Å². The molecule has 0 spiro atoms. The van der Waals surface area contributed by atoms with E-state index in [1.165, 1.54) is 0 Å². The zero-order valence-corrected chi connectivity index (χ0v) is 43.2. The van der Waals surface area contributed by atoms with Gasteiger partial charge in [-0.25, -0.2) is 0 Å². The van der Waals surface area contributed by atoms with Crippen LogP contribution in [-0.2, 0) is 25.7 Å². The Hall–Kier alpha value is -8.50. The molecule has 0 amide bonds. The smallest absolute Gasteiger partial charge is 0.166 e. The van der Waals surface area contributed by atoms with Crippen LogP contribution in [0.2, 0.25) is 0 Å². The summed E-state index contributed by atoms with van der Waals surface area (Å²) in [6, 6.07) is 55.2. The average Bonchev–Trinajstić information content (AvgIpc) is 3.46. The van der Waals surface area contributed by atoms with Crippen molar-refractivity contribution < 1.29 is 38.6 Å². The molecule has 14 bridgehead atoms. The van der Waals surface area contributed by atoms with E-state index in [1.54, 1.807) is 24.6 Å². The third kappa shape index (κ3) is 11.9. The summed E-state index contributed by atoms with van der Waals surface area (Å²) in [6.07, 6.45) is 7.24. The fourth-order valence-corrected chi connectivity index (χ4v) is 10.1. The summed E-state index contributed by atoms with van der Waals surface area (Å²) in [5.74, 6) is 3.78. The first kappa shape index (κ1) is 51.0. The number of rotatable bonds is 8. The Balaban J connectivity index is 1.10. The normalized spacial score (nSPS) is 15.7. The van der Waals surface area contributed by atoms with Gasteiger partial charge in [0, 0.05) is 49.2 Å². The molecule has 10 nitrogen and oxygen atoms in total. The topological polar surface area (TPSA) is 121 Å². The number of aromatic hydroxyl groups is 2. The van der Waals surface area contributed by atoms with Gasteiger partial charge in [0.15, 0.2) is 23.0 Å². The minimum atomic E-state index is -0.530. The lowest BCUT2D eigenvalue weighted by molar-refractivity contribution is 0.210. The molecule has 386 valence electrons. The molecule has 0 fully saturated rings. The predicted octanol–water partition coefficient (Wildman–Crippen LogP) is 13.6. The summed E-state index contributed by atoms with van der Waals surface area (Å²) in [7, 11) is 0. The van der Waals surface area contributed by atoms with E-state index in [2.05, 4.69) is 86.6 Å². The van der Waals surface area contributed by atoms with Gasteiger partial charge in [-0.05, 0) is 92.7 Å². The van der Waals surface area contributed by atoms with Gasteiger partial charge in [0.25, 0.3) is 0 Å². The van der Waals surface area contributed by atoms with E-state index < -0.39 is 12.1 Å². The molecule has 11 rings (SSSR count). The van der Waals surface area contributed by atoms with Crippen molar-refractivity contribution in [2.45, 2.75) is 64.5 Å². The fraction of sp³-hybridized carbons (Fsp3) is 0.242. The van der Waals surface area contributed by atoms with Gasteiger partial charge in [0.1, 0.15) is 61.5 Å². The molecule has 2 heterocycles. The van der Waals surface area contributed by atoms with Crippen LogP contribution in [0.1, 0.15) is 106 Å². The Morgan fingerprint density at radius 3 is 1.08 bits per heavy atom. The molecule has 10 heteroatoms. The van der Waals surface area contributed by atoms with E-state index in [1.807, 2.05) is 84.9 Å². The molecule has 3 aliphatic rings. The monoisotopic (exact) mass is 1010 g/mol. The van der Waals surface area contributed by atoms with E-state index >= 15 is 0 Å². The highest BCUT2D eigenvalue weighted by molar-refractivity contribution is 5.86. The molecule has 0 saturated heterocycles. The number of phenolic OH excluding ortho intramolecular Hbond substituents is 2. The van der Waals surface area contributed by atoms with Crippen LogP contribution < -0.4 is 28.4 Å². The summed E-state index contributed by atoms with van der Waals surface area (Å²) in [6.45, 7) is 6.07. The molecule has 0 aromatic heterocycles. The van der Waals surface area contributed by atoms with Gasteiger partial charge in [-0.3, -0.25) is 9.98 Å². The maximum atomic E-state index is 11.8. The lowest BCUT2D eigenvalue weighted by Gasteiger charge is -2.23. The predicted molar refractivity (Wildman–Crippen MR) is 300 cm³/mol. The Bertz CT molecular complexity index is 3000. The SMILES string of the molecule is CCCOc1c2cccc1Cc1cccc3c1OCCOc1cccc(c1O)C=N[C@H](c1ccccc1)[C@@H](c1ccccc1)N=Cc1cccc(c1O)OCCOc1c(cccc1Cc1cccc(c1OCCC)C3)C2. The van der Waals surface area contributed by atoms with E-state index in [9.17, 15) is 10.2 Å². The number of fused-ring (bicyclic) bond motifs is 9. The van der Waals surface area contributed by atoms with Gasteiger partial charge in [-0.2, -0.15) is 0 Å². The number of hydrogen-bond donors (Lipinski definition) is 2. The van der Waals surface area contributed by atoms with E-state index in [0.29, 0.717) is 61.5 Å². The van der Waals surface area contributed by atoms with Crippen molar-refractivity contribution in [3.8, 4) is 46.0 Å². The molecule has 8 aromatic rings. The van der Waals surface area contributed by atoms with Crippen molar-refractivity contribution >= 4 is 12.4 Å². The number of aliphatic imine (C=N–C) groups is 2. The average molecular weight is 1010 g/mol.